The van der Waals surface area contributed by atoms with E-state index >= 15 is 0 Å². The van der Waals surface area contributed by atoms with Gasteiger partial charge in [0.05, 0.1) is 19.1 Å². The Kier molecular flexibility index (Phi) is 6.59. The Hall–Kier alpha value is -1.88. The minimum absolute atomic E-state index is 0.0157. The molecular formula is C20H30N2O3. The first-order chi connectivity index (χ1) is 11.8. The maximum Gasteiger partial charge on any atom is 0.309 e. The summed E-state index contributed by atoms with van der Waals surface area (Å²) < 4.78 is 5.07. The number of rotatable bonds is 5. The zero-order valence-electron chi connectivity index (χ0n) is 15.8. The van der Waals surface area contributed by atoms with Crippen molar-refractivity contribution in [1.82, 2.24) is 4.90 Å². The Morgan fingerprint density at radius 2 is 1.76 bits per heavy atom. The molecule has 1 heterocycles. The average molecular weight is 346 g/mol. The lowest BCUT2D eigenvalue weighted by Crippen LogP contribution is -2.41. The van der Waals surface area contributed by atoms with Crippen molar-refractivity contribution in [2.45, 2.75) is 46.0 Å². The monoisotopic (exact) mass is 346 g/mol. The average Bonchev–Trinajstić information content (AvgIpc) is 2.55. The zero-order chi connectivity index (χ0) is 18.4. The molecule has 0 bridgehead atoms. The molecular weight excluding hydrogens is 316 g/mol. The van der Waals surface area contributed by atoms with Crippen molar-refractivity contribution in [3.63, 3.8) is 0 Å². The first-order valence-electron chi connectivity index (χ1n) is 9.09. The van der Waals surface area contributed by atoms with Gasteiger partial charge in [-0.1, -0.05) is 32.9 Å². The summed E-state index contributed by atoms with van der Waals surface area (Å²) in [6.07, 6.45) is 1.51. The summed E-state index contributed by atoms with van der Waals surface area (Å²) in [7, 11) is 0. The topological polar surface area (TPSA) is 58.6 Å². The van der Waals surface area contributed by atoms with Crippen LogP contribution >= 0.6 is 0 Å². The Bertz CT molecular complexity index is 582. The molecule has 0 aliphatic carbocycles. The van der Waals surface area contributed by atoms with E-state index in [1.54, 1.807) is 0 Å². The number of likely N-dealkylation sites (tertiary alicyclic amines) is 1. The number of piperidine rings is 1. The number of carbonyl (C=O) groups is 2. The van der Waals surface area contributed by atoms with Crippen LogP contribution in [0.15, 0.2) is 24.3 Å². The number of nitrogens with one attached hydrogen (secondary N) is 1. The van der Waals surface area contributed by atoms with Crippen LogP contribution < -0.4 is 5.32 Å². The molecule has 0 atom stereocenters. The van der Waals surface area contributed by atoms with Gasteiger partial charge in [-0.2, -0.15) is 0 Å². The van der Waals surface area contributed by atoms with E-state index < -0.39 is 0 Å². The molecule has 1 aromatic rings. The Morgan fingerprint density at radius 3 is 2.28 bits per heavy atom. The van der Waals surface area contributed by atoms with E-state index in [-0.39, 0.29) is 23.2 Å². The normalized spacial score (nSPS) is 16.5. The first-order valence-corrected chi connectivity index (χ1v) is 9.09. The van der Waals surface area contributed by atoms with Crippen LogP contribution in [-0.4, -0.2) is 43.0 Å². The number of nitrogens with zero attached hydrogens (tertiary/aromatic N) is 1. The molecule has 0 spiro atoms. The highest BCUT2D eigenvalue weighted by Gasteiger charge is 2.26. The highest BCUT2D eigenvalue weighted by Crippen LogP contribution is 2.23. The van der Waals surface area contributed by atoms with E-state index in [4.69, 9.17) is 4.74 Å². The Balaban J connectivity index is 1.78. The van der Waals surface area contributed by atoms with Gasteiger partial charge < -0.3 is 10.1 Å². The highest BCUT2D eigenvalue weighted by molar-refractivity contribution is 5.92. The molecule has 0 unspecified atom stereocenters. The van der Waals surface area contributed by atoms with Crippen LogP contribution in [0.1, 0.15) is 46.1 Å². The van der Waals surface area contributed by atoms with E-state index in [0.717, 1.165) is 31.6 Å². The second-order valence-electron chi connectivity index (χ2n) is 7.68. The molecule has 5 heteroatoms. The smallest absolute Gasteiger partial charge is 0.309 e. The molecule has 1 aliphatic heterocycles. The van der Waals surface area contributed by atoms with E-state index in [1.165, 1.54) is 5.56 Å². The molecule has 0 saturated carbocycles. The van der Waals surface area contributed by atoms with Crippen LogP contribution in [0.3, 0.4) is 0 Å². The number of anilines is 1. The molecule has 138 valence electrons. The molecule has 1 saturated heterocycles. The lowest BCUT2D eigenvalue weighted by Gasteiger charge is -2.30. The summed E-state index contributed by atoms with van der Waals surface area (Å²) in [5.41, 5.74) is 2.16. The number of carbonyl (C=O) groups excluding carboxylic acids is 2. The third-order valence-corrected chi connectivity index (χ3v) is 4.61. The summed E-state index contributed by atoms with van der Waals surface area (Å²) in [6, 6.07) is 8.01. The van der Waals surface area contributed by atoms with Crippen molar-refractivity contribution in [2.75, 3.05) is 31.6 Å². The first kappa shape index (κ1) is 19.4. The SMILES string of the molecule is CCOC(=O)C1CCN(CC(=O)Nc2ccc(C(C)(C)C)cc2)CC1. The van der Waals surface area contributed by atoms with Crippen LogP contribution in [-0.2, 0) is 19.7 Å². The molecule has 1 aliphatic rings. The van der Waals surface area contributed by atoms with Crippen molar-refractivity contribution in [3.05, 3.63) is 29.8 Å². The van der Waals surface area contributed by atoms with E-state index in [9.17, 15) is 9.59 Å². The summed E-state index contributed by atoms with van der Waals surface area (Å²) in [5, 5.41) is 2.95. The van der Waals surface area contributed by atoms with Crippen molar-refractivity contribution >= 4 is 17.6 Å². The highest BCUT2D eigenvalue weighted by atomic mass is 16.5. The van der Waals surface area contributed by atoms with E-state index in [1.807, 2.05) is 19.1 Å². The van der Waals surface area contributed by atoms with Crippen LogP contribution in [0.5, 0.6) is 0 Å². The Morgan fingerprint density at radius 1 is 1.16 bits per heavy atom. The predicted octanol–water partition coefficient (Wildman–Crippen LogP) is 3.20. The summed E-state index contributed by atoms with van der Waals surface area (Å²) in [6.45, 7) is 10.6. The third kappa shape index (κ3) is 5.85. The van der Waals surface area contributed by atoms with Gasteiger partial charge >= 0.3 is 5.97 Å². The number of benzene rings is 1. The lowest BCUT2D eigenvalue weighted by atomic mass is 9.87. The fourth-order valence-corrected chi connectivity index (χ4v) is 3.04. The van der Waals surface area contributed by atoms with Crippen molar-refractivity contribution in [3.8, 4) is 0 Å². The van der Waals surface area contributed by atoms with Gasteiger partial charge in [0.2, 0.25) is 5.91 Å². The second-order valence-corrected chi connectivity index (χ2v) is 7.68. The Labute approximate surface area is 150 Å². The zero-order valence-corrected chi connectivity index (χ0v) is 15.8. The standard InChI is InChI=1S/C20H30N2O3/c1-5-25-19(24)15-10-12-22(13-11-15)14-18(23)21-17-8-6-16(7-9-17)20(2,3)4/h6-9,15H,5,10-14H2,1-4H3,(H,21,23). The quantitative estimate of drug-likeness (QED) is 0.832. The fraction of sp³-hybridized carbons (Fsp3) is 0.600. The summed E-state index contributed by atoms with van der Waals surface area (Å²) in [4.78, 5) is 26.1. The van der Waals surface area contributed by atoms with Crippen molar-refractivity contribution in [2.24, 2.45) is 5.92 Å². The maximum absolute atomic E-state index is 12.2. The van der Waals surface area contributed by atoms with Gasteiger partial charge in [0.25, 0.3) is 0 Å². The van der Waals surface area contributed by atoms with Gasteiger partial charge in [0.15, 0.2) is 0 Å². The largest absolute Gasteiger partial charge is 0.466 e. The molecule has 5 nitrogen and oxygen atoms in total. The predicted molar refractivity (Wildman–Crippen MR) is 99.6 cm³/mol. The van der Waals surface area contributed by atoms with Gasteiger partial charge in [-0.3, -0.25) is 14.5 Å². The number of hydrogen-bond acceptors (Lipinski definition) is 4. The van der Waals surface area contributed by atoms with Crippen molar-refractivity contribution in [1.29, 1.82) is 0 Å². The minimum Gasteiger partial charge on any atom is -0.466 e. The van der Waals surface area contributed by atoms with Gasteiger partial charge in [-0.25, -0.2) is 0 Å². The molecule has 1 N–H and O–H groups in total. The number of amides is 1. The van der Waals surface area contributed by atoms with Crippen LogP contribution in [0.2, 0.25) is 0 Å². The van der Waals surface area contributed by atoms with Gasteiger partial charge in [-0.15, -0.1) is 0 Å². The molecule has 2 rings (SSSR count). The van der Waals surface area contributed by atoms with E-state index in [0.29, 0.717) is 13.2 Å². The lowest BCUT2D eigenvalue weighted by molar-refractivity contribution is -0.149. The molecule has 1 amide bonds. The number of ether oxygens (including phenoxy) is 1. The molecule has 25 heavy (non-hydrogen) atoms. The van der Waals surface area contributed by atoms with Crippen molar-refractivity contribution < 1.29 is 14.3 Å². The molecule has 0 radical (unpaired) electrons. The summed E-state index contributed by atoms with van der Waals surface area (Å²) >= 11 is 0. The number of hydrogen-bond donors (Lipinski definition) is 1. The second kappa shape index (κ2) is 8.48. The third-order valence-electron chi connectivity index (χ3n) is 4.61. The van der Waals surface area contributed by atoms with Crippen LogP contribution in [0.4, 0.5) is 5.69 Å². The maximum atomic E-state index is 12.2. The van der Waals surface area contributed by atoms with E-state index in [2.05, 4.69) is 43.1 Å². The minimum atomic E-state index is -0.106. The van der Waals surface area contributed by atoms with Gasteiger partial charge in [-0.05, 0) is 56.0 Å². The van der Waals surface area contributed by atoms with Gasteiger partial charge in [0.1, 0.15) is 0 Å². The van der Waals surface area contributed by atoms with Crippen LogP contribution in [0, 0.1) is 5.92 Å². The fourth-order valence-electron chi connectivity index (χ4n) is 3.04. The van der Waals surface area contributed by atoms with Gasteiger partial charge in [0, 0.05) is 5.69 Å². The molecule has 0 aromatic heterocycles. The molecule has 1 aromatic carbocycles. The number of esters is 1. The van der Waals surface area contributed by atoms with Crippen LogP contribution in [0.25, 0.3) is 0 Å². The molecule has 1 fully saturated rings. The summed E-state index contributed by atoms with van der Waals surface area (Å²) in [5.74, 6) is -0.146.